The van der Waals surface area contributed by atoms with Gasteiger partial charge < -0.3 is 5.32 Å². The Bertz CT molecular complexity index is 727. The van der Waals surface area contributed by atoms with Gasteiger partial charge in [0.2, 0.25) is 5.91 Å². The molecule has 4 heteroatoms. The van der Waals surface area contributed by atoms with Gasteiger partial charge >= 0.3 is 0 Å². The van der Waals surface area contributed by atoms with Crippen LogP contribution in [0.5, 0.6) is 0 Å². The van der Waals surface area contributed by atoms with E-state index in [1.807, 2.05) is 24.3 Å². The molecule has 3 nitrogen and oxygen atoms in total. The first-order valence-corrected chi connectivity index (χ1v) is 8.19. The van der Waals surface area contributed by atoms with Crippen LogP contribution in [0.1, 0.15) is 17.5 Å². The van der Waals surface area contributed by atoms with Crippen molar-refractivity contribution in [2.75, 3.05) is 13.1 Å². The molecule has 3 rings (SSSR count). The SMILES string of the molecule is O=C(NCc1ccccc1F)C1=CCN(Cc2ccccc2)CC1. The maximum Gasteiger partial charge on any atom is 0.247 e. The summed E-state index contributed by atoms with van der Waals surface area (Å²) in [5.41, 5.74) is 2.57. The lowest BCUT2D eigenvalue weighted by atomic mass is 10.1. The van der Waals surface area contributed by atoms with Crippen molar-refractivity contribution in [2.45, 2.75) is 19.5 Å². The van der Waals surface area contributed by atoms with Gasteiger partial charge in [-0.15, -0.1) is 0 Å². The Morgan fingerprint density at radius 2 is 1.83 bits per heavy atom. The van der Waals surface area contributed by atoms with Gasteiger partial charge in [0, 0.05) is 37.3 Å². The molecule has 1 amide bonds. The number of hydrogen-bond donors (Lipinski definition) is 1. The normalized spacial score (nSPS) is 15.0. The first kappa shape index (κ1) is 16.4. The van der Waals surface area contributed by atoms with Crippen LogP contribution in [-0.2, 0) is 17.9 Å². The summed E-state index contributed by atoms with van der Waals surface area (Å²) >= 11 is 0. The molecule has 0 atom stereocenters. The van der Waals surface area contributed by atoms with Gasteiger partial charge in [-0.25, -0.2) is 4.39 Å². The molecular formula is C20H21FN2O. The van der Waals surface area contributed by atoms with Crippen molar-refractivity contribution in [3.8, 4) is 0 Å². The summed E-state index contributed by atoms with van der Waals surface area (Å²) in [6, 6.07) is 16.8. The monoisotopic (exact) mass is 324 g/mol. The van der Waals surface area contributed by atoms with Crippen molar-refractivity contribution in [1.29, 1.82) is 0 Å². The molecule has 0 bridgehead atoms. The zero-order valence-corrected chi connectivity index (χ0v) is 13.5. The number of halogens is 1. The van der Waals surface area contributed by atoms with Gasteiger partial charge in [-0.2, -0.15) is 0 Å². The van der Waals surface area contributed by atoms with Crippen LogP contribution in [0.4, 0.5) is 4.39 Å². The largest absolute Gasteiger partial charge is 0.348 e. The van der Waals surface area contributed by atoms with E-state index in [4.69, 9.17) is 0 Å². The van der Waals surface area contributed by atoms with E-state index < -0.39 is 0 Å². The van der Waals surface area contributed by atoms with Crippen LogP contribution in [0.15, 0.2) is 66.2 Å². The van der Waals surface area contributed by atoms with E-state index >= 15 is 0 Å². The molecule has 1 heterocycles. The summed E-state index contributed by atoms with van der Waals surface area (Å²) in [6.07, 6.45) is 2.69. The number of benzene rings is 2. The minimum atomic E-state index is -0.288. The molecule has 1 N–H and O–H groups in total. The Morgan fingerprint density at radius 3 is 2.54 bits per heavy atom. The maximum atomic E-state index is 13.6. The number of nitrogens with zero attached hydrogens (tertiary/aromatic N) is 1. The van der Waals surface area contributed by atoms with Crippen molar-refractivity contribution in [3.63, 3.8) is 0 Å². The fourth-order valence-corrected chi connectivity index (χ4v) is 2.83. The summed E-state index contributed by atoms with van der Waals surface area (Å²) in [4.78, 5) is 14.5. The zero-order chi connectivity index (χ0) is 16.8. The van der Waals surface area contributed by atoms with Crippen molar-refractivity contribution < 1.29 is 9.18 Å². The van der Waals surface area contributed by atoms with Crippen LogP contribution in [0, 0.1) is 5.82 Å². The first-order valence-electron chi connectivity index (χ1n) is 8.19. The highest BCUT2D eigenvalue weighted by atomic mass is 19.1. The minimum Gasteiger partial charge on any atom is -0.348 e. The maximum absolute atomic E-state index is 13.6. The summed E-state index contributed by atoms with van der Waals surface area (Å²) in [5, 5.41) is 2.81. The van der Waals surface area contributed by atoms with Crippen LogP contribution in [0.2, 0.25) is 0 Å². The molecular weight excluding hydrogens is 303 g/mol. The number of carbonyl (C=O) groups is 1. The molecule has 1 aliphatic rings. The van der Waals surface area contributed by atoms with Crippen LogP contribution in [-0.4, -0.2) is 23.9 Å². The molecule has 24 heavy (non-hydrogen) atoms. The Hall–Kier alpha value is -2.46. The second-order valence-corrected chi connectivity index (χ2v) is 5.97. The molecule has 0 radical (unpaired) electrons. The highest BCUT2D eigenvalue weighted by molar-refractivity contribution is 5.93. The summed E-state index contributed by atoms with van der Waals surface area (Å²) in [7, 11) is 0. The minimum absolute atomic E-state index is 0.0994. The Labute approximate surface area is 141 Å². The number of amides is 1. The van der Waals surface area contributed by atoms with E-state index in [9.17, 15) is 9.18 Å². The second-order valence-electron chi connectivity index (χ2n) is 5.97. The van der Waals surface area contributed by atoms with Crippen molar-refractivity contribution in [3.05, 3.63) is 83.2 Å². The van der Waals surface area contributed by atoms with Gasteiger partial charge in [0.1, 0.15) is 5.82 Å². The lowest BCUT2D eigenvalue weighted by Crippen LogP contribution is -2.33. The van der Waals surface area contributed by atoms with Gasteiger partial charge in [-0.3, -0.25) is 9.69 Å². The van der Waals surface area contributed by atoms with E-state index in [-0.39, 0.29) is 18.3 Å². The fraction of sp³-hybridized carbons (Fsp3) is 0.250. The highest BCUT2D eigenvalue weighted by Crippen LogP contribution is 2.14. The molecule has 0 unspecified atom stereocenters. The highest BCUT2D eigenvalue weighted by Gasteiger charge is 2.17. The van der Waals surface area contributed by atoms with Gasteiger partial charge in [-0.05, 0) is 18.1 Å². The summed E-state index contributed by atoms with van der Waals surface area (Å²) in [6.45, 7) is 2.73. The second kappa shape index (κ2) is 7.88. The number of hydrogen-bond acceptors (Lipinski definition) is 2. The standard InChI is InChI=1S/C20H21FN2O/c21-19-9-5-4-8-18(19)14-22-20(24)17-10-12-23(13-11-17)15-16-6-2-1-3-7-16/h1-10H,11-15H2,(H,22,24). The molecule has 0 fully saturated rings. The third-order valence-corrected chi connectivity index (χ3v) is 4.23. The fourth-order valence-electron chi connectivity index (χ4n) is 2.83. The molecule has 2 aromatic carbocycles. The predicted octanol–water partition coefficient (Wildman–Crippen LogP) is 3.27. The molecule has 0 saturated carbocycles. The van der Waals surface area contributed by atoms with Crippen LogP contribution in [0.25, 0.3) is 0 Å². The van der Waals surface area contributed by atoms with Gasteiger partial charge in [-0.1, -0.05) is 54.6 Å². The summed E-state index contributed by atoms with van der Waals surface area (Å²) in [5.74, 6) is -0.387. The van der Waals surface area contributed by atoms with E-state index in [1.54, 1.807) is 18.2 Å². The van der Waals surface area contributed by atoms with Crippen LogP contribution in [0.3, 0.4) is 0 Å². The zero-order valence-electron chi connectivity index (χ0n) is 13.5. The third-order valence-electron chi connectivity index (χ3n) is 4.23. The van der Waals surface area contributed by atoms with Gasteiger partial charge in [0.25, 0.3) is 0 Å². The van der Waals surface area contributed by atoms with E-state index in [0.717, 1.165) is 31.6 Å². The number of carbonyl (C=O) groups excluding carboxylic acids is 1. The van der Waals surface area contributed by atoms with Gasteiger partial charge in [0.15, 0.2) is 0 Å². The molecule has 1 aliphatic heterocycles. The Kier molecular flexibility index (Phi) is 5.39. The van der Waals surface area contributed by atoms with Crippen LogP contribution < -0.4 is 5.32 Å². The van der Waals surface area contributed by atoms with Crippen LogP contribution >= 0.6 is 0 Å². The molecule has 0 saturated heterocycles. The molecule has 2 aromatic rings. The van der Waals surface area contributed by atoms with Crippen molar-refractivity contribution >= 4 is 5.91 Å². The Balaban J connectivity index is 1.51. The molecule has 124 valence electrons. The van der Waals surface area contributed by atoms with E-state index in [2.05, 4.69) is 22.3 Å². The summed E-state index contributed by atoms with van der Waals surface area (Å²) < 4.78 is 13.6. The lowest BCUT2D eigenvalue weighted by Gasteiger charge is -2.26. The average molecular weight is 324 g/mol. The smallest absolute Gasteiger partial charge is 0.247 e. The topological polar surface area (TPSA) is 32.3 Å². The molecule has 0 spiro atoms. The van der Waals surface area contributed by atoms with Crippen molar-refractivity contribution in [1.82, 2.24) is 10.2 Å². The Morgan fingerprint density at radius 1 is 1.08 bits per heavy atom. The van der Waals surface area contributed by atoms with E-state index in [1.165, 1.54) is 11.6 Å². The first-order chi connectivity index (χ1) is 11.7. The number of rotatable bonds is 5. The lowest BCUT2D eigenvalue weighted by molar-refractivity contribution is -0.118. The third kappa shape index (κ3) is 4.30. The molecule has 0 aromatic heterocycles. The average Bonchev–Trinajstić information content (AvgIpc) is 2.62. The van der Waals surface area contributed by atoms with Crippen molar-refractivity contribution in [2.24, 2.45) is 0 Å². The molecule has 0 aliphatic carbocycles. The van der Waals surface area contributed by atoms with Gasteiger partial charge in [0.05, 0.1) is 0 Å². The quantitative estimate of drug-likeness (QED) is 0.915. The van der Waals surface area contributed by atoms with E-state index in [0.29, 0.717) is 5.56 Å². The number of nitrogens with one attached hydrogen (secondary N) is 1. The predicted molar refractivity (Wildman–Crippen MR) is 92.7 cm³/mol.